The molecular formula is C13H24N2O. The van der Waals surface area contributed by atoms with Gasteiger partial charge in [0.05, 0.1) is 6.04 Å². The van der Waals surface area contributed by atoms with E-state index in [4.69, 9.17) is 0 Å². The first kappa shape index (κ1) is 11.9. The molecule has 0 spiro atoms. The fraction of sp³-hybridized carbons (Fsp3) is 0.923. The lowest BCUT2D eigenvalue weighted by Crippen LogP contribution is -2.49. The van der Waals surface area contributed by atoms with Crippen molar-refractivity contribution in [1.82, 2.24) is 10.6 Å². The summed E-state index contributed by atoms with van der Waals surface area (Å²) in [5.41, 5.74) is 0. The third-order valence-electron chi connectivity index (χ3n) is 3.91. The van der Waals surface area contributed by atoms with E-state index in [0.29, 0.717) is 0 Å². The average Bonchev–Trinajstić information content (AvgIpc) is 2.56. The Morgan fingerprint density at radius 2 is 1.81 bits per heavy atom. The topological polar surface area (TPSA) is 41.1 Å². The molecule has 3 heteroatoms. The van der Waals surface area contributed by atoms with Gasteiger partial charge in [-0.05, 0) is 38.1 Å². The van der Waals surface area contributed by atoms with Crippen LogP contribution in [0.15, 0.2) is 0 Å². The lowest BCUT2D eigenvalue weighted by atomic mass is 9.99. The summed E-state index contributed by atoms with van der Waals surface area (Å²) in [6.07, 6.45) is 10.4. The SMILES string of the molecule is O=C1NCCCC1NCC1CCCCCC1. The summed E-state index contributed by atoms with van der Waals surface area (Å²) in [6.45, 7) is 1.90. The average molecular weight is 224 g/mol. The van der Waals surface area contributed by atoms with Crippen LogP contribution in [-0.4, -0.2) is 25.0 Å². The van der Waals surface area contributed by atoms with E-state index in [1.807, 2.05) is 0 Å². The molecule has 0 aromatic rings. The number of piperidine rings is 1. The quantitative estimate of drug-likeness (QED) is 0.718. The molecule has 16 heavy (non-hydrogen) atoms. The van der Waals surface area contributed by atoms with Gasteiger partial charge in [0.2, 0.25) is 5.91 Å². The van der Waals surface area contributed by atoms with Crippen molar-refractivity contribution in [1.29, 1.82) is 0 Å². The van der Waals surface area contributed by atoms with E-state index in [2.05, 4.69) is 10.6 Å². The molecule has 0 aromatic heterocycles. The van der Waals surface area contributed by atoms with E-state index in [1.54, 1.807) is 0 Å². The van der Waals surface area contributed by atoms with Crippen LogP contribution in [0.2, 0.25) is 0 Å². The molecule has 1 atom stereocenters. The Bertz CT molecular complexity index is 222. The van der Waals surface area contributed by atoms with Crippen LogP contribution in [0.1, 0.15) is 51.4 Å². The van der Waals surface area contributed by atoms with Gasteiger partial charge in [-0.25, -0.2) is 0 Å². The molecule has 3 nitrogen and oxygen atoms in total. The highest BCUT2D eigenvalue weighted by Crippen LogP contribution is 2.22. The normalized spacial score (nSPS) is 28.5. The lowest BCUT2D eigenvalue weighted by Gasteiger charge is -2.25. The van der Waals surface area contributed by atoms with E-state index >= 15 is 0 Å². The Morgan fingerprint density at radius 1 is 1.06 bits per heavy atom. The molecule has 0 aromatic carbocycles. The molecule has 92 valence electrons. The molecule has 2 N–H and O–H groups in total. The minimum atomic E-state index is 0.0806. The molecule has 0 bridgehead atoms. The molecule has 1 aliphatic heterocycles. The summed E-state index contributed by atoms with van der Waals surface area (Å²) in [4.78, 5) is 11.6. The first-order valence-electron chi connectivity index (χ1n) is 6.87. The fourth-order valence-corrected chi connectivity index (χ4v) is 2.84. The zero-order valence-electron chi connectivity index (χ0n) is 10.1. The number of carbonyl (C=O) groups excluding carboxylic acids is 1. The second-order valence-corrected chi connectivity index (χ2v) is 5.25. The third-order valence-corrected chi connectivity index (χ3v) is 3.91. The van der Waals surface area contributed by atoms with Gasteiger partial charge in [0.25, 0.3) is 0 Å². The Morgan fingerprint density at radius 3 is 2.50 bits per heavy atom. The second kappa shape index (κ2) is 6.24. The van der Waals surface area contributed by atoms with E-state index < -0.39 is 0 Å². The summed E-state index contributed by atoms with van der Waals surface area (Å²) in [6, 6.07) is 0.0806. The minimum Gasteiger partial charge on any atom is -0.355 e. The monoisotopic (exact) mass is 224 g/mol. The third kappa shape index (κ3) is 3.48. The van der Waals surface area contributed by atoms with Crippen LogP contribution in [0, 0.1) is 5.92 Å². The van der Waals surface area contributed by atoms with Gasteiger partial charge in [-0.2, -0.15) is 0 Å². The summed E-state index contributed by atoms with van der Waals surface area (Å²) < 4.78 is 0. The van der Waals surface area contributed by atoms with Gasteiger partial charge in [0, 0.05) is 6.54 Å². The number of carbonyl (C=O) groups is 1. The van der Waals surface area contributed by atoms with Crippen LogP contribution in [0.25, 0.3) is 0 Å². The lowest BCUT2D eigenvalue weighted by molar-refractivity contribution is -0.124. The molecule has 1 aliphatic carbocycles. The number of hydrogen-bond acceptors (Lipinski definition) is 2. The minimum absolute atomic E-state index is 0.0806. The summed E-state index contributed by atoms with van der Waals surface area (Å²) >= 11 is 0. The van der Waals surface area contributed by atoms with Crippen LogP contribution in [0.5, 0.6) is 0 Å². The van der Waals surface area contributed by atoms with Crippen molar-refractivity contribution in [3.05, 3.63) is 0 Å². The summed E-state index contributed by atoms with van der Waals surface area (Å²) in [5, 5.41) is 6.39. The Balaban J connectivity index is 1.70. The number of rotatable bonds is 3. The van der Waals surface area contributed by atoms with Gasteiger partial charge >= 0.3 is 0 Å². The standard InChI is InChI=1S/C13H24N2O/c16-13-12(8-5-9-14-13)15-10-11-6-3-1-2-4-7-11/h11-12,15H,1-10H2,(H,14,16). The molecule has 2 fully saturated rings. The highest BCUT2D eigenvalue weighted by atomic mass is 16.2. The maximum Gasteiger partial charge on any atom is 0.237 e. The van der Waals surface area contributed by atoms with E-state index in [-0.39, 0.29) is 11.9 Å². The van der Waals surface area contributed by atoms with Gasteiger partial charge in [-0.15, -0.1) is 0 Å². The van der Waals surface area contributed by atoms with Crippen LogP contribution in [0.3, 0.4) is 0 Å². The highest BCUT2D eigenvalue weighted by molar-refractivity contribution is 5.82. The van der Waals surface area contributed by atoms with Crippen LogP contribution < -0.4 is 10.6 Å². The Hall–Kier alpha value is -0.570. The van der Waals surface area contributed by atoms with E-state index in [1.165, 1.54) is 38.5 Å². The predicted octanol–water partition coefficient (Wildman–Crippen LogP) is 1.82. The van der Waals surface area contributed by atoms with Crippen molar-refractivity contribution in [2.24, 2.45) is 5.92 Å². The predicted molar refractivity (Wildman–Crippen MR) is 65.2 cm³/mol. The molecule has 1 amide bonds. The fourth-order valence-electron chi connectivity index (χ4n) is 2.84. The van der Waals surface area contributed by atoms with Gasteiger partial charge in [0.1, 0.15) is 0 Å². The van der Waals surface area contributed by atoms with Crippen LogP contribution in [0.4, 0.5) is 0 Å². The molecular weight excluding hydrogens is 200 g/mol. The number of amides is 1. The van der Waals surface area contributed by atoms with Crippen molar-refractivity contribution in [3.8, 4) is 0 Å². The Kier molecular flexibility index (Phi) is 4.64. The Labute approximate surface area is 98.4 Å². The van der Waals surface area contributed by atoms with Crippen molar-refractivity contribution >= 4 is 5.91 Å². The summed E-state index contributed by atoms with van der Waals surface area (Å²) in [7, 11) is 0. The molecule has 1 saturated carbocycles. The highest BCUT2D eigenvalue weighted by Gasteiger charge is 2.22. The first-order chi connectivity index (χ1) is 7.86. The molecule has 0 radical (unpaired) electrons. The number of hydrogen-bond donors (Lipinski definition) is 2. The smallest absolute Gasteiger partial charge is 0.237 e. The molecule has 1 heterocycles. The van der Waals surface area contributed by atoms with Gasteiger partial charge in [-0.1, -0.05) is 25.7 Å². The second-order valence-electron chi connectivity index (χ2n) is 5.25. The van der Waals surface area contributed by atoms with Crippen molar-refractivity contribution in [2.45, 2.75) is 57.4 Å². The largest absolute Gasteiger partial charge is 0.355 e. The first-order valence-corrected chi connectivity index (χ1v) is 6.87. The summed E-state index contributed by atoms with van der Waals surface area (Å²) in [5.74, 6) is 1.01. The number of nitrogens with one attached hydrogen (secondary N) is 2. The molecule has 2 aliphatic rings. The zero-order chi connectivity index (χ0) is 11.2. The van der Waals surface area contributed by atoms with Crippen molar-refractivity contribution in [2.75, 3.05) is 13.1 Å². The van der Waals surface area contributed by atoms with Crippen LogP contribution in [-0.2, 0) is 4.79 Å². The van der Waals surface area contributed by atoms with Gasteiger partial charge < -0.3 is 10.6 Å². The van der Waals surface area contributed by atoms with Gasteiger partial charge in [-0.3, -0.25) is 4.79 Å². The van der Waals surface area contributed by atoms with Crippen LogP contribution >= 0.6 is 0 Å². The zero-order valence-corrected chi connectivity index (χ0v) is 10.1. The molecule has 2 rings (SSSR count). The maximum absolute atomic E-state index is 11.6. The molecule has 1 saturated heterocycles. The van der Waals surface area contributed by atoms with E-state index in [9.17, 15) is 4.79 Å². The van der Waals surface area contributed by atoms with Crippen molar-refractivity contribution in [3.63, 3.8) is 0 Å². The maximum atomic E-state index is 11.6. The van der Waals surface area contributed by atoms with E-state index in [0.717, 1.165) is 31.8 Å². The van der Waals surface area contributed by atoms with Gasteiger partial charge in [0.15, 0.2) is 0 Å². The van der Waals surface area contributed by atoms with Crippen molar-refractivity contribution < 1.29 is 4.79 Å². The molecule has 1 unspecified atom stereocenters.